The van der Waals surface area contributed by atoms with Crippen LogP contribution >= 0.6 is 0 Å². The van der Waals surface area contributed by atoms with E-state index >= 15 is 0 Å². The molecule has 4 nitrogen and oxygen atoms in total. The van der Waals surface area contributed by atoms with E-state index in [1.807, 2.05) is 0 Å². The molecule has 1 heterocycles. The molecule has 4 heteroatoms. The maximum atomic E-state index is 12.1. The number of amides is 1. The molecule has 0 aromatic carbocycles. The lowest BCUT2D eigenvalue weighted by atomic mass is 9.72. The summed E-state index contributed by atoms with van der Waals surface area (Å²) in [5.41, 5.74) is 6.36. The third kappa shape index (κ3) is 3.48. The number of hydrogen-bond donors (Lipinski definition) is 2. The van der Waals surface area contributed by atoms with Gasteiger partial charge in [0.25, 0.3) is 0 Å². The number of hydrogen-bond acceptors (Lipinski definition) is 3. The molecule has 2 fully saturated rings. The highest BCUT2D eigenvalue weighted by atomic mass is 16.5. The summed E-state index contributed by atoms with van der Waals surface area (Å²) in [7, 11) is 0. The zero-order valence-electron chi connectivity index (χ0n) is 12.6. The predicted molar refractivity (Wildman–Crippen MR) is 75.6 cm³/mol. The summed E-state index contributed by atoms with van der Waals surface area (Å²) < 4.78 is 5.63. The molecule has 0 bridgehead atoms. The molecule has 0 spiro atoms. The van der Waals surface area contributed by atoms with Crippen molar-refractivity contribution in [3.05, 3.63) is 0 Å². The van der Waals surface area contributed by atoms with Crippen LogP contribution < -0.4 is 11.1 Å². The van der Waals surface area contributed by atoms with Crippen molar-refractivity contribution < 1.29 is 9.53 Å². The van der Waals surface area contributed by atoms with E-state index in [0.717, 1.165) is 19.4 Å². The van der Waals surface area contributed by atoms with Gasteiger partial charge in [-0.2, -0.15) is 0 Å². The summed E-state index contributed by atoms with van der Waals surface area (Å²) in [5.74, 6) is 0.972. The summed E-state index contributed by atoms with van der Waals surface area (Å²) in [6.07, 6.45) is 2.84. The number of nitrogens with one attached hydrogen (secondary N) is 1. The molecule has 1 amide bonds. The largest absolute Gasteiger partial charge is 0.376 e. The number of ether oxygens (including phenoxy) is 1. The van der Waals surface area contributed by atoms with Crippen LogP contribution in [0, 0.1) is 17.3 Å². The maximum absolute atomic E-state index is 12.1. The van der Waals surface area contributed by atoms with Gasteiger partial charge < -0.3 is 15.8 Å². The Morgan fingerprint density at radius 3 is 2.79 bits per heavy atom. The Hall–Kier alpha value is -0.610. The highest BCUT2D eigenvalue weighted by Gasteiger charge is 2.52. The minimum atomic E-state index is 0.0295. The zero-order valence-corrected chi connectivity index (χ0v) is 12.6. The fraction of sp³-hybridized carbons (Fsp3) is 0.933. The quantitative estimate of drug-likeness (QED) is 0.815. The first-order valence-electron chi connectivity index (χ1n) is 7.44. The van der Waals surface area contributed by atoms with Crippen LogP contribution in [0.2, 0.25) is 0 Å². The molecule has 2 rings (SSSR count). The van der Waals surface area contributed by atoms with Gasteiger partial charge in [0.1, 0.15) is 0 Å². The zero-order chi connectivity index (χ0) is 14.2. The van der Waals surface area contributed by atoms with Gasteiger partial charge in [-0.05, 0) is 24.2 Å². The number of rotatable bonds is 4. The normalized spacial score (nSPS) is 35.4. The smallest absolute Gasteiger partial charge is 0.220 e. The van der Waals surface area contributed by atoms with Gasteiger partial charge in [0, 0.05) is 25.0 Å². The second-order valence-corrected chi connectivity index (χ2v) is 7.53. The molecule has 5 unspecified atom stereocenters. The molecular weight excluding hydrogens is 240 g/mol. The van der Waals surface area contributed by atoms with Gasteiger partial charge in [-0.15, -0.1) is 0 Å². The average molecular weight is 268 g/mol. The molecule has 2 aliphatic rings. The minimum Gasteiger partial charge on any atom is -0.376 e. The average Bonchev–Trinajstić information content (AvgIpc) is 2.67. The van der Waals surface area contributed by atoms with Crippen LogP contribution in [-0.4, -0.2) is 30.7 Å². The van der Waals surface area contributed by atoms with Gasteiger partial charge >= 0.3 is 0 Å². The highest BCUT2D eigenvalue weighted by molar-refractivity contribution is 5.76. The van der Waals surface area contributed by atoms with Crippen molar-refractivity contribution in [1.29, 1.82) is 0 Å². The van der Waals surface area contributed by atoms with Gasteiger partial charge in [0.15, 0.2) is 0 Å². The number of fused-ring (bicyclic) bond motifs is 1. The molecule has 1 saturated carbocycles. The van der Waals surface area contributed by atoms with Crippen molar-refractivity contribution in [2.24, 2.45) is 23.0 Å². The van der Waals surface area contributed by atoms with Crippen molar-refractivity contribution in [1.82, 2.24) is 5.32 Å². The molecule has 3 N–H and O–H groups in total. The van der Waals surface area contributed by atoms with Crippen LogP contribution in [0.3, 0.4) is 0 Å². The second-order valence-electron chi connectivity index (χ2n) is 7.53. The molecule has 1 aliphatic carbocycles. The summed E-state index contributed by atoms with van der Waals surface area (Å²) >= 11 is 0. The lowest BCUT2D eigenvalue weighted by molar-refractivity contribution is -0.126. The lowest BCUT2D eigenvalue weighted by Crippen LogP contribution is -2.69. The van der Waals surface area contributed by atoms with Gasteiger partial charge in [0.2, 0.25) is 5.91 Å². The Labute approximate surface area is 116 Å². The third-order valence-electron chi connectivity index (χ3n) is 4.27. The molecule has 0 aromatic heterocycles. The Morgan fingerprint density at radius 2 is 2.16 bits per heavy atom. The number of carbonyl (C=O) groups excluding carboxylic acids is 1. The van der Waals surface area contributed by atoms with Crippen LogP contribution in [0.5, 0.6) is 0 Å². The molecule has 5 atom stereocenters. The SMILES string of the molecule is CC(CC(=O)NC1C(N)C2CCOC21)CC(C)(C)C. The third-order valence-corrected chi connectivity index (χ3v) is 4.27. The molecular formula is C15H28N2O2. The Kier molecular flexibility index (Phi) is 4.21. The van der Waals surface area contributed by atoms with Crippen LogP contribution in [0.15, 0.2) is 0 Å². The van der Waals surface area contributed by atoms with E-state index in [2.05, 4.69) is 33.0 Å². The summed E-state index contributed by atoms with van der Waals surface area (Å²) in [4.78, 5) is 12.1. The fourth-order valence-corrected chi connectivity index (χ4v) is 3.61. The summed E-state index contributed by atoms with van der Waals surface area (Å²) in [6.45, 7) is 9.55. The van der Waals surface area contributed by atoms with Gasteiger partial charge in [-0.3, -0.25) is 4.79 Å². The van der Waals surface area contributed by atoms with E-state index in [4.69, 9.17) is 10.5 Å². The van der Waals surface area contributed by atoms with E-state index in [1.54, 1.807) is 0 Å². The van der Waals surface area contributed by atoms with Crippen LogP contribution in [0.4, 0.5) is 0 Å². The van der Waals surface area contributed by atoms with Crippen LogP contribution in [0.1, 0.15) is 47.0 Å². The minimum absolute atomic E-state index is 0.0295. The monoisotopic (exact) mass is 268 g/mol. The first-order valence-corrected chi connectivity index (χ1v) is 7.44. The summed E-state index contributed by atoms with van der Waals surface area (Å²) in [6, 6.07) is 0.108. The fourth-order valence-electron chi connectivity index (χ4n) is 3.61. The van der Waals surface area contributed by atoms with E-state index < -0.39 is 0 Å². The van der Waals surface area contributed by atoms with E-state index in [0.29, 0.717) is 18.3 Å². The first-order chi connectivity index (χ1) is 8.78. The first kappa shape index (κ1) is 14.8. The van der Waals surface area contributed by atoms with Crippen molar-refractivity contribution in [3.8, 4) is 0 Å². The Bertz CT molecular complexity index is 338. The molecule has 1 aliphatic heterocycles. The van der Waals surface area contributed by atoms with Crippen molar-refractivity contribution in [2.75, 3.05) is 6.61 Å². The van der Waals surface area contributed by atoms with Crippen LogP contribution in [0.25, 0.3) is 0 Å². The van der Waals surface area contributed by atoms with E-state index in [1.165, 1.54) is 0 Å². The molecule has 0 radical (unpaired) electrons. The van der Waals surface area contributed by atoms with Gasteiger partial charge in [-0.25, -0.2) is 0 Å². The standard InChI is InChI=1S/C15H28N2O2/c1-9(8-15(2,3)4)7-11(18)17-13-12(16)10-5-6-19-14(10)13/h9-10,12-14H,5-8,16H2,1-4H3,(H,17,18). The number of carbonyl (C=O) groups is 1. The molecule has 0 aromatic rings. The Balaban J connectivity index is 1.76. The van der Waals surface area contributed by atoms with Gasteiger partial charge in [-0.1, -0.05) is 27.7 Å². The summed E-state index contributed by atoms with van der Waals surface area (Å²) in [5, 5.41) is 3.07. The second kappa shape index (κ2) is 5.41. The van der Waals surface area contributed by atoms with Crippen molar-refractivity contribution >= 4 is 5.91 Å². The molecule has 110 valence electrons. The Morgan fingerprint density at radius 1 is 1.47 bits per heavy atom. The van der Waals surface area contributed by atoms with Crippen molar-refractivity contribution in [3.63, 3.8) is 0 Å². The van der Waals surface area contributed by atoms with Gasteiger partial charge in [0.05, 0.1) is 12.1 Å². The maximum Gasteiger partial charge on any atom is 0.220 e. The predicted octanol–water partition coefficient (Wildman–Crippen LogP) is 1.68. The highest BCUT2D eigenvalue weighted by Crippen LogP contribution is 2.37. The molecule has 1 saturated heterocycles. The van der Waals surface area contributed by atoms with Crippen LogP contribution in [-0.2, 0) is 9.53 Å². The lowest BCUT2D eigenvalue weighted by Gasteiger charge is -2.45. The molecule has 19 heavy (non-hydrogen) atoms. The van der Waals surface area contributed by atoms with Crippen molar-refractivity contribution in [2.45, 2.75) is 65.1 Å². The number of nitrogens with two attached hydrogens (primary N) is 1. The van der Waals surface area contributed by atoms with E-state index in [-0.39, 0.29) is 29.5 Å². The van der Waals surface area contributed by atoms with E-state index in [9.17, 15) is 4.79 Å². The topological polar surface area (TPSA) is 64.4 Å².